The average Bonchev–Trinajstić information content (AvgIpc) is 3.30. The highest BCUT2D eigenvalue weighted by molar-refractivity contribution is 5.85. The molecule has 0 bridgehead atoms. The molecular formula is C20H27ClN6. The molecule has 1 unspecified atom stereocenters. The largest absolute Gasteiger partial charge is 0.290 e. The minimum atomic E-state index is 0. The second-order valence-corrected chi connectivity index (χ2v) is 7.51. The second kappa shape index (κ2) is 9.29. The van der Waals surface area contributed by atoms with Gasteiger partial charge in [0.15, 0.2) is 5.82 Å². The van der Waals surface area contributed by atoms with E-state index in [0.717, 1.165) is 37.3 Å². The van der Waals surface area contributed by atoms with E-state index in [9.17, 15) is 5.26 Å². The van der Waals surface area contributed by atoms with Gasteiger partial charge in [0.05, 0.1) is 23.7 Å². The molecule has 1 atom stereocenters. The van der Waals surface area contributed by atoms with E-state index in [1.165, 1.54) is 38.5 Å². The van der Waals surface area contributed by atoms with Crippen molar-refractivity contribution < 1.29 is 0 Å². The number of hydrogen-bond acceptors (Lipinski definition) is 5. The molecule has 1 aliphatic heterocycles. The zero-order chi connectivity index (χ0) is 17.8. The van der Waals surface area contributed by atoms with Gasteiger partial charge in [-0.05, 0) is 66.9 Å². The number of benzene rings is 1. The van der Waals surface area contributed by atoms with Gasteiger partial charge in [0, 0.05) is 0 Å². The van der Waals surface area contributed by atoms with Gasteiger partial charge < -0.3 is 0 Å². The van der Waals surface area contributed by atoms with Crippen LogP contribution in [0.1, 0.15) is 80.4 Å². The van der Waals surface area contributed by atoms with E-state index in [4.69, 9.17) is 0 Å². The van der Waals surface area contributed by atoms with Crippen molar-refractivity contribution in [3.8, 4) is 6.07 Å². The average molecular weight is 387 g/mol. The van der Waals surface area contributed by atoms with Crippen LogP contribution < -0.4 is 0 Å². The first-order valence-electron chi connectivity index (χ1n) is 9.88. The van der Waals surface area contributed by atoms with Crippen LogP contribution in [0, 0.1) is 11.3 Å². The molecule has 27 heavy (non-hydrogen) atoms. The normalized spacial score (nSPS) is 19.8. The van der Waals surface area contributed by atoms with Gasteiger partial charge in [-0.3, -0.25) is 4.90 Å². The topological polar surface area (TPSA) is 70.6 Å². The van der Waals surface area contributed by atoms with E-state index in [1.54, 1.807) is 0 Å². The molecule has 7 heteroatoms. The summed E-state index contributed by atoms with van der Waals surface area (Å²) in [5.41, 5.74) is 1.82. The molecule has 2 aromatic rings. The van der Waals surface area contributed by atoms with Crippen LogP contribution in [-0.4, -0.2) is 38.2 Å². The molecule has 6 nitrogen and oxygen atoms in total. The molecule has 144 valence electrons. The molecule has 1 aromatic carbocycles. The molecule has 0 radical (unpaired) electrons. The number of likely N-dealkylation sites (tertiary alicyclic amines) is 1. The summed E-state index contributed by atoms with van der Waals surface area (Å²) < 4.78 is 2.07. The van der Waals surface area contributed by atoms with Crippen LogP contribution in [0.5, 0.6) is 0 Å². The van der Waals surface area contributed by atoms with Crippen LogP contribution in [0.2, 0.25) is 0 Å². The Morgan fingerprint density at radius 1 is 1.04 bits per heavy atom. The fourth-order valence-electron chi connectivity index (χ4n) is 4.44. The van der Waals surface area contributed by atoms with Crippen LogP contribution in [0.4, 0.5) is 0 Å². The number of tetrazole rings is 1. The van der Waals surface area contributed by atoms with Crippen molar-refractivity contribution in [3.05, 3.63) is 41.2 Å². The fourth-order valence-corrected chi connectivity index (χ4v) is 4.44. The summed E-state index contributed by atoms with van der Waals surface area (Å²) in [6, 6.07) is 10.7. The monoisotopic (exact) mass is 386 g/mol. The molecule has 4 rings (SSSR count). The summed E-state index contributed by atoms with van der Waals surface area (Å²) in [4.78, 5) is 2.51. The number of nitriles is 1. The van der Waals surface area contributed by atoms with E-state index in [1.807, 2.05) is 18.2 Å². The SMILES string of the molecule is Cl.N#Cc1cccc(C(c2nnnn2C2CCCC2)N2CCCCCC2)c1. The molecule has 1 saturated heterocycles. The standard InChI is InChI=1S/C20H26N6.ClH/c21-15-16-8-7-9-17(14-16)19(25-12-5-1-2-6-13-25)20-22-23-24-26(20)18-10-3-4-11-18;/h7-9,14,18-19H,1-6,10-13H2;1H. The molecule has 1 saturated carbocycles. The summed E-state index contributed by atoms with van der Waals surface area (Å²) in [5, 5.41) is 22.2. The first-order valence-corrected chi connectivity index (χ1v) is 9.88. The Labute approximate surface area is 167 Å². The Balaban J connectivity index is 0.00000210. The predicted molar refractivity (Wildman–Crippen MR) is 106 cm³/mol. The summed E-state index contributed by atoms with van der Waals surface area (Å²) in [7, 11) is 0. The lowest BCUT2D eigenvalue weighted by Gasteiger charge is -2.31. The smallest absolute Gasteiger partial charge is 0.173 e. The van der Waals surface area contributed by atoms with E-state index >= 15 is 0 Å². The molecule has 0 amide bonds. The van der Waals surface area contributed by atoms with Gasteiger partial charge in [-0.15, -0.1) is 17.5 Å². The van der Waals surface area contributed by atoms with E-state index < -0.39 is 0 Å². The zero-order valence-corrected chi connectivity index (χ0v) is 16.4. The van der Waals surface area contributed by atoms with E-state index in [-0.39, 0.29) is 18.4 Å². The van der Waals surface area contributed by atoms with Gasteiger partial charge in [0.1, 0.15) is 0 Å². The maximum Gasteiger partial charge on any atom is 0.173 e. The Morgan fingerprint density at radius 2 is 1.78 bits per heavy atom. The Bertz CT molecular complexity index is 769. The van der Waals surface area contributed by atoms with Crippen LogP contribution in [0.25, 0.3) is 0 Å². The van der Waals surface area contributed by atoms with Gasteiger partial charge in [-0.1, -0.05) is 37.8 Å². The van der Waals surface area contributed by atoms with Crippen molar-refractivity contribution in [2.24, 2.45) is 0 Å². The maximum absolute atomic E-state index is 9.35. The molecule has 2 heterocycles. The fraction of sp³-hybridized carbons (Fsp3) is 0.600. The van der Waals surface area contributed by atoms with Gasteiger partial charge >= 0.3 is 0 Å². The van der Waals surface area contributed by atoms with Gasteiger partial charge in [-0.2, -0.15) is 5.26 Å². The third kappa shape index (κ3) is 4.31. The Kier molecular flexibility index (Phi) is 6.81. The first-order chi connectivity index (χ1) is 12.9. The maximum atomic E-state index is 9.35. The van der Waals surface area contributed by atoms with Gasteiger partial charge in [-0.25, -0.2) is 4.68 Å². The van der Waals surface area contributed by atoms with Crippen LogP contribution >= 0.6 is 12.4 Å². The molecule has 0 spiro atoms. The van der Waals surface area contributed by atoms with Crippen molar-refractivity contribution in [2.45, 2.75) is 63.5 Å². The zero-order valence-electron chi connectivity index (χ0n) is 15.6. The van der Waals surface area contributed by atoms with Crippen LogP contribution in [-0.2, 0) is 0 Å². The second-order valence-electron chi connectivity index (χ2n) is 7.51. The molecule has 0 N–H and O–H groups in total. The van der Waals surface area contributed by atoms with Crippen molar-refractivity contribution in [2.75, 3.05) is 13.1 Å². The highest BCUT2D eigenvalue weighted by atomic mass is 35.5. The van der Waals surface area contributed by atoms with Gasteiger partial charge in [0.25, 0.3) is 0 Å². The number of aromatic nitrogens is 4. The number of hydrogen-bond donors (Lipinski definition) is 0. The number of nitrogens with zero attached hydrogens (tertiary/aromatic N) is 6. The molecule has 1 aromatic heterocycles. The molecule has 1 aliphatic carbocycles. The lowest BCUT2D eigenvalue weighted by atomic mass is 10.0. The van der Waals surface area contributed by atoms with Crippen molar-refractivity contribution >= 4 is 12.4 Å². The minimum Gasteiger partial charge on any atom is -0.290 e. The van der Waals surface area contributed by atoms with E-state index in [2.05, 4.69) is 37.2 Å². The number of halogens is 1. The quantitative estimate of drug-likeness (QED) is 0.792. The highest BCUT2D eigenvalue weighted by Gasteiger charge is 2.31. The van der Waals surface area contributed by atoms with Crippen LogP contribution in [0.3, 0.4) is 0 Å². The van der Waals surface area contributed by atoms with Crippen LogP contribution in [0.15, 0.2) is 24.3 Å². The molecule has 2 aliphatic rings. The lowest BCUT2D eigenvalue weighted by molar-refractivity contribution is 0.217. The van der Waals surface area contributed by atoms with E-state index in [0.29, 0.717) is 11.6 Å². The van der Waals surface area contributed by atoms with Gasteiger partial charge in [0.2, 0.25) is 0 Å². The molecular weight excluding hydrogens is 360 g/mol. The number of rotatable bonds is 4. The summed E-state index contributed by atoms with van der Waals surface area (Å²) in [6.07, 6.45) is 9.80. The minimum absolute atomic E-state index is 0. The van der Waals surface area contributed by atoms with Crippen molar-refractivity contribution in [3.63, 3.8) is 0 Å². The third-order valence-corrected chi connectivity index (χ3v) is 5.77. The lowest BCUT2D eigenvalue weighted by Crippen LogP contribution is -2.33. The molecule has 2 fully saturated rings. The summed E-state index contributed by atoms with van der Waals surface area (Å²) in [5.74, 6) is 0.939. The Morgan fingerprint density at radius 3 is 2.48 bits per heavy atom. The summed E-state index contributed by atoms with van der Waals surface area (Å²) in [6.45, 7) is 2.11. The summed E-state index contributed by atoms with van der Waals surface area (Å²) >= 11 is 0. The predicted octanol–water partition coefficient (Wildman–Crippen LogP) is 4.05. The van der Waals surface area contributed by atoms with Crippen molar-refractivity contribution in [1.82, 2.24) is 25.1 Å². The first kappa shape index (κ1) is 19.8. The highest BCUT2D eigenvalue weighted by Crippen LogP contribution is 2.35. The third-order valence-electron chi connectivity index (χ3n) is 5.77. The Hall–Kier alpha value is -1.97. The van der Waals surface area contributed by atoms with Crippen molar-refractivity contribution in [1.29, 1.82) is 5.26 Å².